The molecule has 0 radical (unpaired) electrons. The number of carboxylic acid groups (broad SMARTS) is 1. The largest absolute Gasteiger partial charge is 1.00 e. The van der Waals surface area contributed by atoms with Gasteiger partial charge in [0, 0.05) is 11.9 Å². The van der Waals surface area contributed by atoms with Gasteiger partial charge in [0.1, 0.15) is 0 Å². The molecular formula is C7H11CsO3. The normalized spacial score (nSPS) is 30.6. The van der Waals surface area contributed by atoms with Crippen LogP contribution in [0, 0.1) is 5.92 Å². The van der Waals surface area contributed by atoms with Crippen molar-refractivity contribution in [3.05, 3.63) is 0 Å². The van der Waals surface area contributed by atoms with Crippen LogP contribution in [-0.2, 0) is 4.79 Å². The molecule has 11 heavy (non-hydrogen) atoms. The molecule has 0 saturated heterocycles. The molecule has 0 bridgehead atoms. The van der Waals surface area contributed by atoms with Gasteiger partial charge in [-0.05, 0) is 19.3 Å². The van der Waals surface area contributed by atoms with E-state index < -0.39 is 18.0 Å². The molecule has 1 aliphatic carbocycles. The van der Waals surface area contributed by atoms with E-state index in [1.54, 1.807) is 0 Å². The smallest absolute Gasteiger partial charge is 0.550 e. The molecule has 58 valence electrons. The van der Waals surface area contributed by atoms with Crippen LogP contribution in [0.5, 0.6) is 0 Å². The summed E-state index contributed by atoms with van der Waals surface area (Å²) >= 11 is 0. The predicted octanol–water partition coefficient (Wildman–Crippen LogP) is -3.71. The third-order valence-corrected chi connectivity index (χ3v) is 1.98. The van der Waals surface area contributed by atoms with Crippen LogP contribution in [0.25, 0.3) is 0 Å². The summed E-state index contributed by atoms with van der Waals surface area (Å²) in [4.78, 5) is 10.3. The molecule has 1 rings (SSSR count). The van der Waals surface area contributed by atoms with Gasteiger partial charge >= 0.3 is 68.9 Å². The van der Waals surface area contributed by atoms with E-state index in [9.17, 15) is 9.90 Å². The molecule has 1 saturated carbocycles. The van der Waals surface area contributed by atoms with Crippen molar-refractivity contribution in [1.82, 2.24) is 0 Å². The van der Waals surface area contributed by atoms with Crippen molar-refractivity contribution < 1.29 is 83.9 Å². The maximum absolute atomic E-state index is 10.3. The van der Waals surface area contributed by atoms with Crippen molar-refractivity contribution in [3.63, 3.8) is 0 Å². The van der Waals surface area contributed by atoms with Crippen LogP contribution in [0.3, 0.4) is 0 Å². The minimum atomic E-state index is -1.02. The Morgan fingerprint density at radius 1 is 1.45 bits per heavy atom. The van der Waals surface area contributed by atoms with E-state index in [0.29, 0.717) is 12.8 Å². The molecule has 0 amide bonds. The molecule has 0 heterocycles. The zero-order valence-electron chi connectivity index (χ0n) is 6.75. The molecule has 1 N–H and O–H groups in total. The molecular weight excluding hydrogens is 265 g/mol. The minimum Gasteiger partial charge on any atom is -0.550 e. The molecule has 4 heteroatoms. The molecule has 0 unspecified atom stereocenters. The Kier molecular flexibility index (Phi) is 6.83. The first-order valence-electron chi connectivity index (χ1n) is 3.59. The van der Waals surface area contributed by atoms with Crippen LogP contribution < -0.4 is 74.0 Å². The molecule has 2 atom stereocenters. The molecule has 1 aliphatic rings. The molecule has 0 aromatic carbocycles. The SMILES string of the molecule is O=C([O-])[C@H]1CCC[C@@H](O)C1.[Cs+]. The standard InChI is InChI=1S/C7H12O3.Cs/c8-6-3-1-2-5(4-6)7(9)10;/h5-6,8H,1-4H2,(H,9,10);/q;+1/p-1/t5-,6+;/m0./s1. The first-order valence-corrected chi connectivity index (χ1v) is 3.59. The Balaban J connectivity index is 0.000001000. The average Bonchev–Trinajstić information content (AvgIpc) is 1.88. The van der Waals surface area contributed by atoms with Gasteiger partial charge < -0.3 is 15.0 Å². The Morgan fingerprint density at radius 3 is 2.45 bits per heavy atom. The summed E-state index contributed by atoms with van der Waals surface area (Å²) in [6.07, 6.45) is 2.17. The number of aliphatic hydroxyl groups is 1. The van der Waals surface area contributed by atoms with Crippen molar-refractivity contribution >= 4 is 5.97 Å². The minimum absolute atomic E-state index is 0. The Hall–Kier alpha value is 1.48. The number of carboxylic acids is 1. The van der Waals surface area contributed by atoms with Crippen molar-refractivity contribution in [3.8, 4) is 0 Å². The second-order valence-electron chi connectivity index (χ2n) is 2.84. The van der Waals surface area contributed by atoms with Gasteiger partial charge in [0.15, 0.2) is 0 Å². The van der Waals surface area contributed by atoms with Crippen molar-refractivity contribution in [1.29, 1.82) is 0 Å². The Bertz CT molecular complexity index is 138. The summed E-state index contributed by atoms with van der Waals surface area (Å²) in [5, 5.41) is 19.3. The van der Waals surface area contributed by atoms with E-state index in [1.807, 2.05) is 0 Å². The van der Waals surface area contributed by atoms with E-state index in [1.165, 1.54) is 0 Å². The van der Waals surface area contributed by atoms with Crippen molar-refractivity contribution in [2.24, 2.45) is 5.92 Å². The number of carbonyl (C=O) groups excluding carboxylic acids is 1. The van der Waals surface area contributed by atoms with Gasteiger partial charge in [-0.15, -0.1) is 0 Å². The summed E-state index contributed by atoms with van der Waals surface area (Å²) in [5.74, 6) is -1.43. The van der Waals surface area contributed by atoms with Crippen LogP contribution in [0.1, 0.15) is 25.7 Å². The van der Waals surface area contributed by atoms with E-state index in [-0.39, 0.29) is 68.9 Å². The van der Waals surface area contributed by atoms with Gasteiger partial charge in [-0.3, -0.25) is 0 Å². The number of aliphatic carboxylic acids is 1. The third kappa shape index (κ3) is 4.31. The number of rotatable bonds is 1. The number of hydrogen-bond acceptors (Lipinski definition) is 3. The predicted molar refractivity (Wildman–Crippen MR) is 33.0 cm³/mol. The summed E-state index contributed by atoms with van der Waals surface area (Å²) in [6, 6.07) is 0. The second kappa shape index (κ2) is 6.02. The monoisotopic (exact) mass is 276 g/mol. The summed E-state index contributed by atoms with van der Waals surface area (Å²) in [7, 11) is 0. The van der Waals surface area contributed by atoms with Gasteiger partial charge in [-0.2, -0.15) is 0 Å². The van der Waals surface area contributed by atoms with Gasteiger partial charge in [-0.25, -0.2) is 0 Å². The average molecular weight is 276 g/mol. The molecule has 0 aromatic heterocycles. The fraction of sp³-hybridized carbons (Fsp3) is 0.857. The quantitative estimate of drug-likeness (QED) is 0.536. The van der Waals surface area contributed by atoms with Crippen molar-refractivity contribution in [2.75, 3.05) is 0 Å². The van der Waals surface area contributed by atoms with Crippen LogP contribution >= 0.6 is 0 Å². The van der Waals surface area contributed by atoms with Crippen LogP contribution in [0.15, 0.2) is 0 Å². The Morgan fingerprint density at radius 2 is 2.09 bits per heavy atom. The maximum Gasteiger partial charge on any atom is 1.00 e. The van der Waals surface area contributed by atoms with E-state index >= 15 is 0 Å². The second-order valence-corrected chi connectivity index (χ2v) is 2.84. The van der Waals surface area contributed by atoms with Crippen LogP contribution in [0.2, 0.25) is 0 Å². The molecule has 0 aliphatic heterocycles. The maximum atomic E-state index is 10.3. The topological polar surface area (TPSA) is 60.4 Å². The van der Waals surface area contributed by atoms with Gasteiger partial charge in [-0.1, -0.05) is 6.42 Å². The first-order chi connectivity index (χ1) is 4.70. The molecule has 1 fully saturated rings. The third-order valence-electron chi connectivity index (χ3n) is 1.98. The van der Waals surface area contributed by atoms with Crippen LogP contribution in [0.4, 0.5) is 0 Å². The van der Waals surface area contributed by atoms with Gasteiger partial charge in [0.25, 0.3) is 0 Å². The van der Waals surface area contributed by atoms with Crippen LogP contribution in [-0.4, -0.2) is 17.2 Å². The zero-order valence-corrected chi connectivity index (χ0v) is 13.0. The first kappa shape index (κ1) is 12.5. The summed E-state index contributed by atoms with van der Waals surface area (Å²) in [6.45, 7) is 0. The fourth-order valence-corrected chi connectivity index (χ4v) is 1.38. The fourth-order valence-electron chi connectivity index (χ4n) is 1.38. The van der Waals surface area contributed by atoms with Gasteiger partial charge in [0.2, 0.25) is 0 Å². The number of aliphatic hydroxyl groups excluding tert-OH is 1. The van der Waals surface area contributed by atoms with E-state index in [0.717, 1.165) is 12.8 Å². The van der Waals surface area contributed by atoms with Crippen molar-refractivity contribution in [2.45, 2.75) is 31.8 Å². The zero-order chi connectivity index (χ0) is 7.56. The summed E-state index contributed by atoms with van der Waals surface area (Å²) < 4.78 is 0. The Labute approximate surface area is 125 Å². The number of hydrogen-bond donors (Lipinski definition) is 1. The molecule has 3 nitrogen and oxygen atoms in total. The van der Waals surface area contributed by atoms with E-state index in [2.05, 4.69) is 0 Å². The molecule has 0 aromatic rings. The number of carbonyl (C=O) groups is 1. The molecule has 0 spiro atoms. The van der Waals surface area contributed by atoms with E-state index in [4.69, 9.17) is 5.11 Å². The van der Waals surface area contributed by atoms with Gasteiger partial charge in [0.05, 0.1) is 6.10 Å². The summed E-state index contributed by atoms with van der Waals surface area (Å²) in [5.41, 5.74) is 0.